The van der Waals surface area contributed by atoms with Crippen molar-refractivity contribution in [1.82, 2.24) is 9.38 Å². The highest BCUT2D eigenvalue weighted by Gasteiger charge is 2.08. The highest BCUT2D eigenvalue weighted by atomic mass is 16.5. The summed E-state index contributed by atoms with van der Waals surface area (Å²) >= 11 is 0. The molecule has 0 saturated carbocycles. The van der Waals surface area contributed by atoms with Gasteiger partial charge in [0.2, 0.25) is 0 Å². The van der Waals surface area contributed by atoms with E-state index in [-0.39, 0.29) is 5.91 Å². The minimum Gasteiger partial charge on any atom is -0.489 e. The standard InChI is InChI=1S/C22H19N3O2/c1-16-13-25-14-19(9-12-21(25)23-16)24-22(26)18-7-10-20(11-8-18)27-15-17-5-3-2-4-6-17/h2-14H,15H2,1H3,(H,24,26). The molecule has 0 saturated heterocycles. The summed E-state index contributed by atoms with van der Waals surface area (Å²) < 4.78 is 7.65. The van der Waals surface area contributed by atoms with E-state index in [4.69, 9.17) is 4.74 Å². The molecule has 1 amide bonds. The number of ether oxygens (including phenoxy) is 1. The molecular weight excluding hydrogens is 338 g/mol. The smallest absolute Gasteiger partial charge is 0.255 e. The molecule has 5 heteroatoms. The molecule has 4 aromatic rings. The van der Waals surface area contributed by atoms with Crippen molar-refractivity contribution in [2.24, 2.45) is 0 Å². The quantitative estimate of drug-likeness (QED) is 0.573. The van der Waals surface area contributed by atoms with Crippen molar-refractivity contribution >= 4 is 17.2 Å². The maximum atomic E-state index is 12.5. The first kappa shape index (κ1) is 16.8. The molecule has 2 heterocycles. The number of pyridine rings is 1. The van der Waals surface area contributed by atoms with Crippen LogP contribution in [0, 0.1) is 6.92 Å². The Balaban J connectivity index is 1.40. The van der Waals surface area contributed by atoms with E-state index < -0.39 is 0 Å². The number of hydrogen-bond acceptors (Lipinski definition) is 3. The Morgan fingerprint density at radius 1 is 1.00 bits per heavy atom. The van der Waals surface area contributed by atoms with Gasteiger partial charge in [-0.1, -0.05) is 30.3 Å². The lowest BCUT2D eigenvalue weighted by Gasteiger charge is -2.08. The molecule has 0 atom stereocenters. The average Bonchev–Trinajstić information content (AvgIpc) is 3.07. The van der Waals surface area contributed by atoms with Crippen LogP contribution in [0.3, 0.4) is 0 Å². The molecule has 0 spiro atoms. The number of aryl methyl sites for hydroxylation is 1. The van der Waals surface area contributed by atoms with Crippen molar-refractivity contribution in [1.29, 1.82) is 0 Å². The van der Waals surface area contributed by atoms with Gasteiger partial charge in [-0.05, 0) is 48.9 Å². The van der Waals surface area contributed by atoms with Crippen molar-refractivity contribution < 1.29 is 9.53 Å². The van der Waals surface area contributed by atoms with Gasteiger partial charge in [-0.15, -0.1) is 0 Å². The molecule has 27 heavy (non-hydrogen) atoms. The van der Waals surface area contributed by atoms with E-state index in [9.17, 15) is 4.79 Å². The van der Waals surface area contributed by atoms with E-state index in [0.717, 1.165) is 22.7 Å². The fourth-order valence-corrected chi connectivity index (χ4v) is 2.84. The Hall–Kier alpha value is -3.60. The molecule has 134 valence electrons. The first-order chi connectivity index (χ1) is 13.2. The number of nitrogens with one attached hydrogen (secondary N) is 1. The van der Waals surface area contributed by atoms with Gasteiger partial charge in [-0.2, -0.15) is 0 Å². The van der Waals surface area contributed by atoms with Crippen LogP contribution in [-0.4, -0.2) is 15.3 Å². The Morgan fingerprint density at radius 2 is 1.78 bits per heavy atom. The number of aromatic nitrogens is 2. The zero-order valence-corrected chi connectivity index (χ0v) is 14.9. The van der Waals surface area contributed by atoms with Crippen molar-refractivity contribution in [3.05, 3.63) is 95.9 Å². The lowest BCUT2D eigenvalue weighted by atomic mass is 10.2. The van der Waals surface area contributed by atoms with Gasteiger partial charge in [0.05, 0.1) is 11.4 Å². The summed E-state index contributed by atoms with van der Waals surface area (Å²) in [5.74, 6) is 0.562. The van der Waals surface area contributed by atoms with Crippen LogP contribution in [0.15, 0.2) is 79.1 Å². The van der Waals surface area contributed by atoms with Crippen LogP contribution in [0.1, 0.15) is 21.6 Å². The zero-order chi connectivity index (χ0) is 18.6. The monoisotopic (exact) mass is 357 g/mol. The van der Waals surface area contributed by atoms with Crippen molar-refractivity contribution in [2.45, 2.75) is 13.5 Å². The molecule has 0 aliphatic carbocycles. The number of nitrogens with zero attached hydrogens (tertiary/aromatic N) is 2. The van der Waals surface area contributed by atoms with E-state index in [1.807, 2.05) is 66.2 Å². The number of carbonyl (C=O) groups excluding carboxylic acids is 1. The van der Waals surface area contributed by atoms with E-state index in [0.29, 0.717) is 17.9 Å². The summed E-state index contributed by atoms with van der Waals surface area (Å²) in [4.78, 5) is 16.8. The van der Waals surface area contributed by atoms with E-state index in [1.54, 1.807) is 24.3 Å². The highest BCUT2D eigenvalue weighted by Crippen LogP contribution is 2.16. The van der Waals surface area contributed by atoms with Gasteiger partial charge < -0.3 is 14.5 Å². The molecule has 4 rings (SSSR count). The number of amides is 1. The zero-order valence-electron chi connectivity index (χ0n) is 14.9. The van der Waals surface area contributed by atoms with Crippen molar-refractivity contribution in [3.8, 4) is 5.75 Å². The second-order valence-corrected chi connectivity index (χ2v) is 6.32. The van der Waals surface area contributed by atoms with Crippen molar-refractivity contribution in [2.75, 3.05) is 5.32 Å². The number of hydrogen-bond donors (Lipinski definition) is 1. The van der Waals surface area contributed by atoms with Crippen LogP contribution in [0.25, 0.3) is 5.65 Å². The van der Waals surface area contributed by atoms with Gasteiger partial charge in [0.15, 0.2) is 0 Å². The third-order valence-electron chi connectivity index (χ3n) is 4.19. The normalized spacial score (nSPS) is 10.7. The number of anilines is 1. The predicted molar refractivity (Wildman–Crippen MR) is 105 cm³/mol. The Labute approximate surface area is 157 Å². The number of imidazole rings is 1. The highest BCUT2D eigenvalue weighted by molar-refractivity contribution is 6.04. The summed E-state index contributed by atoms with van der Waals surface area (Å²) in [6, 6.07) is 20.8. The number of carbonyl (C=O) groups is 1. The molecule has 0 unspecified atom stereocenters. The lowest BCUT2D eigenvalue weighted by molar-refractivity contribution is 0.102. The van der Waals surface area contributed by atoms with Gasteiger partial charge >= 0.3 is 0 Å². The summed E-state index contributed by atoms with van der Waals surface area (Å²) in [6.07, 6.45) is 3.77. The largest absolute Gasteiger partial charge is 0.489 e. The minimum absolute atomic E-state index is 0.166. The topological polar surface area (TPSA) is 55.6 Å². The molecule has 0 aliphatic heterocycles. The first-order valence-corrected chi connectivity index (χ1v) is 8.71. The maximum Gasteiger partial charge on any atom is 0.255 e. The Kier molecular flexibility index (Phi) is 4.58. The van der Waals surface area contributed by atoms with Crippen LogP contribution in [0.2, 0.25) is 0 Å². The van der Waals surface area contributed by atoms with Crippen LogP contribution >= 0.6 is 0 Å². The van der Waals surface area contributed by atoms with Crippen LogP contribution in [-0.2, 0) is 6.61 Å². The second-order valence-electron chi connectivity index (χ2n) is 6.32. The molecule has 2 aromatic heterocycles. The van der Waals surface area contributed by atoms with E-state index in [1.165, 1.54) is 0 Å². The minimum atomic E-state index is -0.166. The fraction of sp³-hybridized carbons (Fsp3) is 0.0909. The third kappa shape index (κ3) is 3.98. The fourth-order valence-electron chi connectivity index (χ4n) is 2.84. The second kappa shape index (κ2) is 7.33. The summed E-state index contributed by atoms with van der Waals surface area (Å²) in [6.45, 7) is 2.43. The predicted octanol–water partition coefficient (Wildman–Crippen LogP) is 4.47. The molecular formula is C22H19N3O2. The maximum absolute atomic E-state index is 12.5. The molecule has 0 fully saturated rings. The number of rotatable bonds is 5. The van der Waals surface area contributed by atoms with Crippen LogP contribution in [0.4, 0.5) is 5.69 Å². The Bertz CT molecular complexity index is 1070. The van der Waals surface area contributed by atoms with Gasteiger partial charge in [0.1, 0.15) is 18.0 Å². The summed E-state index contributed by atoms with van der Waals surface area (Å²) in [5, 5.41) is 2.91. The average molecular weight is 357 g/mol. The van der Waals surface area contributed by atoms with Gasteiger partial charge in [-0.25, -0.2) is 4.98 Å². The molecule has 5 nitrogen and oxygen atoms in total. The number of fused-ring (bicyclic) bond motifs is 1. The summed E-state index contributed by atoms with van der Waals surface area (Å²) in [5.41, 5.74) is 4.18. The molecule has 0 aliphatic rings. The molecule has 0 radical (unpaired) electrons. The Morgan fingerprint density at radius 3 is 2.56 bits per heavy atom. The van der Waals surface area contributed by atoms with E-state index in [2.05, 4.69) is 10.3 Å². The van der Waals surface area contributed by atoms with Crippen molar-refractivity contribution in [3.63, 3.8) is 0 Å². The van der Waals surface area contributed by atoms with Gasteiger partial charge in [0, 0.05) is 18.0 Å². The van der Waals surface area contributed by atoms with Crippen LogP contribution < -0.4 is 10.1 Å². The lowest BCUT2D eigenvalue weighted by Crippen LogP contribution is -2.12. The van der Waals surface area contributed by atoms with Crippen LogP contribution in [0.5, 0.6) is 5.75 Å². The van der Waals surface area contributed by atoms with Gasteiger partial charge in [-0.3, -0.25) is 4.79 Å². The van der Waals surface area contributed by atoms with E-state index >= 15 is 0 Å². The SMILES string of the molecule is Cc1cn2cc(NC(=O)c3ccc(OCc4ccccc4)cc3)ccc2n1. The summed E-state index contributed by atoms with van der Waals surface area (Å²) in [7, 11) is 0. The first-order valence-electron chi connectivity index (χ1n) is 8.71. The van der Waals surface area contributed by atoms with Gasteiger partial charge in [0.25, 0.3) is 5.91 Å². The molecule has 0 bridgehead atoms. The third-order valence-corrected chi connectivity index (χ3v) is 4.19. The number of benzene rings is 2. The molecule has 1 N–H and O–H groups in total. The molecule has 2 aromatic carbocycles.